The normalized spacial score (nSPS) is 9.85. The van der Waals surface area contributed by atoms with Crippen LogP contribution in [0.2, 0.25) is 0 Å². The summed E-state index contributed by atoms with van der Waals surface area (Å²) >= 11 is 0. The fourth-order valence-corrected chi connectivity index (χ4v) is 1.01. The standard InChI is InChI=1S/C10H8N2O/c1-2-9-11-12-10(13-9)8-6-4-3-5-7-8/h2-7H,1H2. The molecule has 0 spiro atoms. The van der Waals surface area contributed by atoms with Crippen LogP contribution < -0.4 is 0 Å². The molecule has 2 rings (SSSR count). The van der Waals surface area contributed by atoms with Gasteiger partial charge in [-0.2, -0.15) is 0 Å². The molecule has 0 saturated heterocycles. The number of hydrogen-bond acceptors (Lipinski definition) is 3. The van der Waals surface area contributed by atoms with Gasteiger partial charge in [-0.3, -0.25) is 0 Å². The van der Waals surface area contributed by atoms with Crippen LogP contribution in [0.25, 0.3) is 17.5 Å². The highest BCUT2D eigenvalue weighted by atomic mass is 16.4. The molecule has 0 fully saturated rings. The quantitative estimate of drug-likeness (QED) is 0.698. The lowest BCUT2D eigenvalue weighted by Crippen LogP contribution is -1.75. The molecule has 0 aliphatic rings. The highest BCUT2D eigenvalue weighted by molar-refractivity contribution is 5.52. The largest absolute Gasteiger partial charge is 0.417 e. The van der Waals surface area contributed by atoms with E-state index in [2.05, 4.69) is 16.8 Å². The molecule has 0 atom stereocenters. The van der Waals surface area contributed by atoms with E-state index in [1.807, 2.05) is 30.3 Å². The molecule has 0 aliphatic heterocycles. The van der Waals surface area contributed by atoms with Crippen LogP contribution in [-0.2, 0) is 0 Å². The molecule has 1 heterocycles. The lowest BCUT2D eigenvalue weighted by molar-refractivity contribution is 0.558. The summed E-state index contributed by atoms with van der Waals surface area (Å²) < 4.78 is 5.28. The molecular weight excluding hydrogens is 164 g/mol. The molecule has 0 N–H and O–H groups in total. The monoisotopic (exact) mass is 172 g/mol. The molecule has 0 unspecified atom stereocenters. The minimum atomic E-state index is 0.443. The number of benzene rings is 1. The van der Waals surface area contributed by atoms with Crippen LogP contribution in [0.1, 0.15) is 5.89 Å². The Morgan fingerprint density at radius 3 is 2.54 bits per heavy atom. The van der Waals surface area contributed by atoms with E-state index in [0.717, 1.165) is 5.56 Å². The summed E-state index contributed by atoms with van der Waals surface area (Å²) in [5.41, 5.74) is 0.920. The van der Waals surface area contributed by atoms with Gasteiger partial charge in [0.15, 0.2) is 0 Å². The van der Waals surface area contributed by atoms with E-state index in [9.17, 15) is 0 Å². The minimum absolute atomic E-state index is 0.443. The summed E-state index contributed by atoms with van der Waals surface area (Å²) in [6.07, 6.45) is 1.53. The molecule has 0 bridgehead atoms. The first kappa shape index (κ1) is 7.73. The zero-order chi connectivity index (χ0) is 9.10. The van der Waals surface area contributed by atoms with Crippen LogP contribution in [0.4, 0.5) is 0 Å². The zero-order valence-electron chi connectivity index (χ0n) is 6.97. The average molecular weight is 172 g/mol. The van der Waals surface area contributed by atoms with Gasteiger partial charge in [0.05, 0.1) is 0 Å². The van der Waals surface area contributed by atoms with E-state index < -0.39 is 0 Å². The maximum Gasteiger partial charge on any atom is 0.248 e. The Balaban J connectivity index is 2.41. The van der Waals surface area contributed by atoms with Gasteiger partial charge in [-0.15, -0.1) is 10.2 Å². The summed E-state index contributed by atoms with van der Waals surface area (Å²) in [5, 5.41) is 7.65. The highest BCUT2D eigenvalue weighted by Gasteiger charge is 2.04. The van der Waals surface area contributed by atoms with Crippen molar-refractivity contribution >= 4 is 6.08 Å². The topological polar surface area (TPSA) is 38.9 Å². The number of rotatable bonds is 2. The molecule has 3 nitrogen and oxygen atoms in total. The van der Waals surface area contributed by atoms with Crippen LogP contribution in [0, 0.1) is 0 Å². The molecule has 0 radical (unpaired) electrons. The van der Waals surface area contributed by atoms with E-state index >= 15 is 0 Å². The van der Waals surface area contributed by atoms with E-state index in [1.165, 1.54) is 6.08 Å². The smallest absolute Gasteiger partial charge is 0.248 e. The van der Waals surface area contributed by atoms with Gasteiger partial charge in [-0.25, -0.2) is 0 Å². The third kappa shape index (κ3) is 1.49. The van der Waals surface area contributed by atoms with Crippen molar-refractivity contribution in [1.82, 2.24) is 10.2 Å². The first-order valence-corrected chi connectivity index (χ1v) is 3.91. The SMILES string of the molecule is C=Cc1nnc(-c2ccccc2)o1. The molecular formula is C10H8N2O. The van der Waals surface area contributed by atoms with Crippen LogP contribution in [0.3, 0.4) is 0 Å². The molecule has 0 aliphatic carbocycles. The molecule has 13 heavy (non-hydrogen) atoms. The van der Waals surface area contributed by atoms with Gasteiger partial charge in [0.1, 0.15) is 0 Å². The fraction of sp³-hybridized carbons (Fsp3) is 0. The van der Waals surface area contributed by atoms with Crippen LogP contribution in [-0.4, -0.2) is 10.2 Å². The number of aromatic nitrogens is 2. The van der Waals surface area contributed by atoms with Gasteiger partial charge in [-0.05, 0) is 18.2 Å². The predicted octanol–water partition coefficient (Wildman–Crippen LogP) is 2.38. The Labute approximate surface area is 75.7 Å². The molecule has 3 heteroatoms. The third-order valence-electron chi connectivity index (χ3n) is 1.64. The second-order valence-electron chi connectivity index (χ2n) is 2.52. The summed E-state index contributed by atoms with van der Waals surface area (Å²) in [5.74, 6) is 0.967. The Hall–Kier alpha value is -1.90. The highest BCUT2D eigenvalue weighted by Crippen LogP contribution is 2.16. The Morgan fingerprint density at radius 1 is 1.15 bits per heavy atom. The summed E-state index contributed by atoms with van der Waals surface area (Å²) in [6, 6.07) is 9.62. The van der Waals surface area contributed by atoms with Crippen molar-refractivity contribution in [3.05, 3.63) is 42.8 Å². The zero-order valence-corrected chi connectivity index (χ0v) is 6.97. The van der Waals surface area contributed by atoms with E-state index in [1.54, 1.807) is 0 Å². The minimum Gasteiger partial charge on any atom is -0.417 e. The van der Waals surface area contributed by atoms with Crippen molar-refractivity contribution in [2.24, 2.45) is 0 Å². The Kier molecular flexibility index (Phi) is 1.92. The van der Waals surface area contributed by atoms with Crippen molar-refractivity contribution in [3.63, 3.8) is 0 Å². The van der Waals surface area contributed by atoms with Gasteiger partial charge in [0.25, 0.3) is 0 Å². The van der Waals surface area contributed by atoms with Gasteiger partial charge in [0.2, 0.25) is 11.8 Å². The van der Waals surface area contributed by atoms with E-state index in [-0.39, 0.29) is 0 Å². The van der Waals surface area contributed by atoms with Gasteiger partial charge in [0, 0.05) is 5.56 Å². The maximum atomic E-state index is 5.28. The lowest BCUT2D eigenvalue weighted by Gasteiger charge is -1.90. The van der Waals surface area contributed by atoms with Gasteiger partial charge < -0.3 is 4.42 Å². The van der Waals surface area contributed by atoms with Crippen LogP contribution >= 0.6 is 0 Å². The van der Waals surface area contributed by atoms with Crippen LogP contribution in [0.15, 0.2) is 41.3 Å². The van der Waals surface area contributed by atoms with Crippen molar-refractivity contribution in [3.8, 4) is 11.5 Å². The summed E-state index contributed by atoms with van der Waals surface area (Å²) in [6.45, 7) is 3.54. The average Bonchev–Trinajstić information content (AvgIpc) is 2.67. The summed E-state index contributed by atoms with van der Waals surface area (Å²) in [4.78, 5) is 0. The predicted molar refractivity (Wildman–Crippen MR) is 49.8 cm³/mol. The molecule has 1 aromatic heterocycles. The second kappa shape index (κ2) is 3.23. The maximum absolute atomic E-state index is 5.28. The first-order valence-electron chi connectivity index (χ1n) is 3.91. The fourth-order valence-electron chi connectivity index (χ4n) is 1.01. The molecule has 2 aromatic rings. The third-order valence-corrected chi connectivity index (χ3v) is 1.64. The molecule has 1 aromatic carbocycles. The second-order valence-corrected chi connectivity index (χ2v) is 2.52. The number of hydrogen-bond donors (Lipinski definition) is 0. The Bertz CT molecular complexity index is 406. The number of nitrogens with zero attached hydrogens (tertiary/aromatic N) is 2. The summed E-state index contributed by atoms with van der Waals surface area (Å²) in [7, 11) is 0. The van der Waals surface area contributed by atoms with Gasteiger partial charge >= 0.3 is 0 Å². The molecule has 64 valence electrons. The molecule has 0 amide bonds. The van der Waals surface area contributed by atoms with Crippen molar-refractivity contribution in [2.75, 3.05) is 0 Å². The van der Waals surface area contributed by atoms with Gasteiger partial charge in [-0.1, -0.05) is 24.8 Å². The Morgan fingerprint density at radius 2 is 1.92 bits per heavy atom. The van der Waals surface area contributed by atoms with Crippen molar-refractivity contribution in [1.29, 1.82) is 0 Å². The lowest BCUT2D eigenvalue weighted by atomic mass is 10.2. The van der Waals surface area contributed by atoms with Crippen molar-refractivity contribution < 1.29 is 4.42 Å². The molecule has 0 saturated carbocycles. The van der Waals surface area contributed by atoms with E-state index in [4.69, 9.17) is 4.42 Å². The first-order chi connectivity index (χ1) is 6.40. The van der Waals surface area contributed by atoms with E-state index in [0.29, 0.717) is 11.8 Å². The van der Waals surface area contributed by atoms with Crippen molar-refractivity contribution in [2.45, 2.75) is 0 Å². The van der Waals surface area contributed by atoms with Crippen LogP contribution in [0.5, 0.6) is 0 Å².